The number of nitrogens with zero attached hydrogens (tertiary/aromatic N) is 6. The van der Waals surface area contributed by atoms with Crippen LogP contribution in [0.15, 0.2) is 41.1 Å². The average Bonchev–Trinajstić information content (AvgIpc) is 3.22. The van der Waals surface area contributed by atoms with Crippen LogP contribution in [0, 0.1) is 11.3 Å². The van der Waals surface area contributed by atoms with Crippen LogP contribution in [0.25, 0.3) is 11.5 Å². The van der Waals surface area contributed by atoms with Gasteiger partial charge in [-0.2, -0.15) is 10.4 Å². The maximum Gasteiger partial charge on any atom is 0.410 e. The van der Waals surface area contributed by atoms with Crippen molar-refractivity contribution in [3.63, 3.8) is 0 Å². The number of carbonyl (C=O) groups excluding carboxylic acids is 2. The number of likely N-dealkylation sites (tertiary alicyclic amines) is 1. The minimum atomic E-state index is -0.642. The monoisotopic (exact) mass is 503 g/mol. The minimum absolute atomic E-state index is 0.168. The molecule has 1 aliphatic carbocycles. The molecule has 2 aliphatic rings. The average molecular weight is 504 g/mol. The fourth-order valence-corrected chi connectivity index (χ4v) is 4.60. The number of amides is 2. The summed E-state index contributed by atoms with van der Waals surface area (Å²) in [6, 6.07) is 8.81. The number of aromatic nitrogens is 4. The van der Waals surface area contributed by atoms with E-state index in [1.165, 1.54) is 0 Å². The van der Waals surface area contributed by atoms with Gasteiger partial charge in [0.05, 0.1) is 24.2 Å². The van der Waals surface area contributed by atoms with Crippen molar-refractivity contribution < 1.29 is 18.7 Å². The molecule has 11 nitrogen and oxygen atoms in total. The van der Waals surface area contributed by atoms with E-state index < -0.39 is 17.6 Å². The van der Waals surface area contributed by atoms with Gasteiger partial charge in [0.2, 0.25) is 5.89 Å². The summed E-state index contributed by atoms with van der Waals surface area (Å²) < 4.78 is 13.1. The summed E-state index contributed by atoms with van der Waals surface area (Å²) >= 11 is 0. The van der Waals surface area contributed by atoms with E-state index in [0.717, 1.165) is 18.4 Å². The lowest BCUT2D eigenvalue weighted by Crippen LogP contribution is -2.43. The fourth-order valence-electron chi connectivity index (χ4n) is 4.60. The molecule has 1 unspecified atom stereocenters. The molecule has 2 aromatic heterocycles. The number of carbonyl (C=O) groups is 2. The first-order chi connectivity index (χ1) is 17.7. The van der Waals surface area contributed by atoms with E-state index in [1.54, 1.807) is 27.9 Å². The predicted molar refractivity (Wildman–Crippen MR) is 131 cm³/mol. The molecule has 2 amide bonds. The van der Waals surface area contributed by atoms with Gasteiger partial charge in [-0.3, -0.25) is 9.48 Å². The van der Waals surface area contributed by atoms with Crippen LogP contribution in [0.1, 0.15) is 67.8 Å². The molecule has 1 aliphatic heterocycles. The quantitative estimate of drug-likeness (QED) is 0.539. The second kappa shape index (κ2) is 9.69. The molecule has 11 heteroatoms. The number of hydrogen-bond donors (Lipinski definition) is 1. The number of benzene rings is 1. The number of rotatable bonds is 6. The van der Waals surface area contributed by atoms with E-state index in [9.17, 15) is 14.9 Å². The van der Waals surface area contributed by atoms with Gasteiger partial charge in [0.15, 0.2) is 0 Å². The van der Waals surface area contributed by atoms with Crippen molar-refractivity contribution in [1.29, 1.82) is 5.26 Å². The molecule has 1 saturated heterocycles. The second-order valence-electron chi connectivity index (χ2n) is 10.5. The maximum atomic E-state index is 13.0. The second-order valence-corrected chi connectivity index (χ2v) is 10.5. The van der Waals surface area contributed by atoms with E-state index in [4.69, 9.17) is 9.15 Å². The van der Waals surface area contributed by atoms with Gasteiger partial charge in [-0.1, -0.05) is 6.07 Å². The standard InChI is InChI=1S/C26H29N7O4/c1-26(2,3)37-25(35)33-14-18(12-19(33)15-32-10-4-9-28-32)29-22(34)24-31-30-23(36-24)21-11-16(13-27)5-8-20(21)17-6-7-17/h4-5,8-11,17-19H,6-7,12,14-15H2,1-3H3,(H,29,34)/t18?,19-/m1/s1. The van der Waals surface area contributed by atoms with Gasteiger partial charge in [0, 0.05) is 30.5 Å². The van der Waals surface area contributed by atoms with Gasteiger partial charge in [-0.25, -0.2) is 4.79 Å². The lowest BCUT2D eigenvalue weighted by Gasteiger charge is -2.28. The molecule has 37 heavy (non-hydrogen) atoms. The van der Waals surface area contributed by atoms with E-state index in [0.29, 0.717) is 30.0 Å². The molecule has 1 saturated carbocycles. The summed E-state index contributed by atoms with van der Waals surface area (Å²) in [6.45, 7) is 6.21. The van der Waals surface area contributed by atoms with E-state index in [1.807, 2.05) is 39.1 Å². The van der Waals surface area contributed by atoms with Gasteiger partial charge in [0.25, 0.3) is 0 Å². The van der Waals surface area contributed by atoms with Crippen molar-refractivity contribution in [3.05, 3.63) is 53.7 Å². The first-order valence-electron chi connectivity index (χ1n) is 12.4. The van der Waals surface area contributed by atoms with Gasteiger partial charge in [-0.15, -0.1) is 10.2 Å². The molecule has 5 rings (SSSR count). The topological polar surface area (TPSA) is 139 Å². The van der Waals surface area contributed by atoms with E-state index in [2.05, 4.69) is 26.7 Å². The predicted octanol–water partition coefficient (Wildman–Crippen LogP) is 3.49. The van der Waals surface area contributed by atoms with Gasteiger partial charge < -0.3 is 19.4 Å². The maximum absolute atomic E-state index is 13.0. The summed E-state index contributed by atoms with van der Waals surface area (Å²) in [5, 5.41) is 24.5. The zero-order chi connectivity index (χ0) is 26.2. The smallest absolute Gasteiger partial charge is 0.410 e. The van der Waals surface area contributed by atoms with Gasteiger partial charge in [-0.05, 0) is 69.7 Å². The third-order valence-corrected chi connectivity index (χ3v) is 6.38. The van der Waals surface area contributed by atoms with Crippen LogP contribution in [0.2, 0.25) is 0 Å². The normalized spacial score (nSPS) is 19.5. The summed E-state index contributed by atoms with van der Waals surface area (Å²) in [4.78, 5) is 27.6. The lowest BCUT2D eigenvalue weighted by molar-refractivity contribution is 0.0208. The minimum Gasteiger partial charge on any atom is -0.444 e. The van der Waals surface area contributed by atoms with Crippen molar-refractivity contribution in [2.24, 2.45) is 0 Å². The highest BCUT2D eigenvalue weighted by Gasteiger charge is 2.39. The molecule has 0 spiro atoms. The van der Waals surface area contributed by atoms with Gasteiger partial charge in [0.1, 0.15) is 5.60 Å². The van der Waals surface area contributed by atoms with Crippen LogP contribution >= 0.6 is 0 Å². The Morgan fingerprint density at radius 1 is 1.27 bits per heavy atom. The first-order valence-corrected chi connectivity index (χ1v) is 12.4. The van der Waals surface area contributed by atoms with Crippen LogP contribution in [-0.4, -0.2) is 61.1 Å². The van der Waals surface area contributed by atoms with Crippen molar-refractivity contribution in [3.8, 4) is 17.5 Å². The number of nitriles is 1. The van der Waals surface area contributed by atoms with Crippen LogP contribution < -0.4 is 5.32 Å². The summed E-state index contributed by atoms with van der Waals surface area (Å²) in [7, 11) is 0. The van der Waals surface area contributed by atoms with Crippen molar-refractivity contribution in [2.45, 2.75) is 70.2 Å². The Labute approximate surface area is 214 Å². The molecule has 1 N–H and O–H groups in total. The number of nitrogens with one attached hydrogen (secondary N) is 1. The molecule has 1 aromatic carbocycles. The summed E-state index contributed by atoms with van der Waals surface area (Å²) in [5.74, 6) is -0.0750. The number of ether oxygens (including phenoxy) is 1. The summed E-state index contributed by atoms with van der Waals surface area (Å²) in [6.07, 6.45) is 5.72. The Hall–Kier alpha value is -4.20. The van der Waals surface area contributed by atoms with Crippen LogP contribution in [-0.2, 0) is 11.3 Å². The van der Waals surface area contributed by atoms with Crippen molar-refractivity contribution in [2.75, 3.05) is 6.54 Å². The Kier molecular flexibility index (Phi) is 6.41. The molecule has 2 atom stereocenters. The highest BCUT2D eigenvalue weighted by atomic mass is 16.6. The first kappa shape index (κ1) is 24.5. The highest BCUT2D eigenvalue weighted by Crippen LogP contribution is 2.44. The molecular weight excluding hydrogens is 474 g/mol. The lowest BCUT2D eigenvalue weighted by atomic mass is 10.0. The van der Waals surface area contributed by atoms with Crippen LogP contribution in [0.4, 0.5) is 4.79 Å². The zero-order valence-electron chi connectivity index (χ0n) is 21.0. The fraction of sp³-hybridized carbons (Fsp3) is 0.462. The molecular formula is C26H29N7O4. The third kappa shape index (κ3) is 5.63. The molecule has 0 radical (unpaired) electrons. The Morgan fingerprint density at radius 2 is 2.08 bits per heavy atom. The van der Waals surface area contributed by atoms with Gasteiger partial charge >= 0.3 is 17.9 Å². The molecule has 3 heterocycles. The zero-order valence-corrected chi connectivity index (χ0v) is 21.0. The molecule has 192 valence electrons. The Balaban J connectivity index is 1.30. The Morgan fingerprint density at radius 3 is 2.76 bits per heavy atom. The van der Waals surface area contributed by atoms with E-state index in [-0.39, 0.29) is 30.4 Å². The summed E-state index contributed by atoms with van der Waals surface area (Å²) in [5.41, 5.74) is 1.57. The molecule has 0 bridgehead atoms. The van der Waals surface area contributed by atoms with Crippen molar-refractivity contribution in [1.82, 2.24) is 30.2 Å². The van der Waals surface area contributed by atoms with Crippen LogP contribution in [0.5, 0.6) is 0 Å². The third-order valence-electron chi connectivity index (χ3n) is 6.38. The SMILES string of the molecule is CC(C)(C)OC(=O)N1CC(NC(=O)c2nnc(-c3cc(C#N)ccc3C3CC3)o2)C[C@@H]1Cn1cccn1. The molecule has 2 fully saturated rings. The largest absolute Gasteiger partial charge is 0.444 e. The Bertz CT molecular complexity index is 1330. The highest BCUT2D eigenvalue weighted by molar-refractivity contribution is 5.90. The van der Waals surface area contributed by atoms with E-state index >= 15 is 0 Å². The molecule has 3 aromatic rings. The van der Waals surface area contributed by atoms with Crippen LogP contribution in [0.3, 0.4) is 0 Å². The van der Waals surface area contributed by atoms with Crippen molar-refractivity contribution >= 4 is 12.0 Å². The number of hydrogen-bond acceptors (Lipinski definition) is 8.